The molecule has 0 rings (SSSR count). The SMILES string of the molecule is CC(C)=CCCC(C)=CCCC(C)CCO.CCC=CCCC=CCO. The fraction of sp³-hybridized carbons (Fsp3) is 0.667. The highest BCUT2D eigenvalue weighted by atomic mass is 16.3. The molecule has 0 aromatic carbocycles. The standard InChI is InChI=1S/C15H28O.C9H16O/c1-13(2)7-5-8-14(3)9-6-10-15(4)11-12-16;1-2-3-4-5-6-7-8-9-10/h7,9,15-16H,5-6,8,10-12H2,1-4H3;3-4,7-8,10H,2,5-6,9H2,1H3. The van der Waals surface area contributed by atoms with Crippen LogP contribution in [0.15, 0.2) is 47.6 Å². The Morgan fingerprint density at radius 3 is 2.00 bits per heavy atom. The van der Waals surface area contributed by atoms with E-state index in [4.69, 9.17) is 10.2 Å². The molecule has 0 saturated carbocycles. The summed E-state index contributed by atoms with van der Waals surface area (Å²) >= 11 is 0. The van der Waals surface area contributed by atoms with Gasteiger partial charge < -0.3 is 10.2 Å². The van der Waals surface area contributed by atoms with Crippen LogP contribution in [0.2, 0.25) is 0 Å². The van der Waals surface area contributed by atoms with E-state index in [9.17, 15) is 0 Å². The Hall–Kier alpha value is -1.12. The van der Waals surface area contributed by atoms with Crippen molar-refractivity contribution >= 4 is 0 Å². The van der Waals surface area contributed by atoms with Gasteiger partial charge in [-0.3, -0.25) is 0 Å². The molecule has 0 aliphatic carbocycles. The van der Waals surface area contributed by atoms with Gasteiger partial charge in [0.1, 0.15) is 0 Å². The van der Waals surface area contributed by atoms with E-state index >= 15 is 0 Å². The van der Waals surface area contributed by atoms with E-state index < -0.39 is 0 Å². The molecular weight excluding hydrogens is 320 g/mol. The Morgan fingerprint density at radius 2 is 1.46 bits per heavy atom. The molecule has 1 atom stereocenters. The van der Waals surface area contributed by atoms with Crippen LogP contribution in [0.5, 0.6) is 0 Å². The lowest BCUT2D eigenvalue weighted by Gasteiger charge is -2.07. The average molecular weight is 365 g/mol. The number of hydrogen-bond donors (Lipinski definition) is 2. The van der Waals surface area contributed by atoms with Crippen molar-refractivity contribution in [3.8, 4) is 0 Å². The number of rotatable bonds is 13. The highest BCUT2D eigenvalue weighted by Crippen LogP contribution is 2.13. The van der Waals surface area contributed by atoms with Crippen molar-refractivity contribution in [2.45, 2.75) is 86.0 Å². The molecule has 2 N–H and O–H groups in total. The third-order valence-electron chi connectivity index (χ3n) is 4.04. The van der Waals surface area contributed by atoms with Crippen LogP contribution >= 0.6 is 0 Å². The van der Waals surface area contributed by atoms with Gasteiger partial charge in [0, 0.05) is 6.61 Å². The summed E-state index contributed by atoms with van der Waals surface area (Å²) in [7, 11) is 0. The second-order valence-corrected chi connectivity index (χ2v) is 7.18. The molecule has 0 saturated heterocycles. The first-order valence-electron chi connectivity index (χ1n) is 10.3. The Bertz CT molecular complexity index is 384. The fourth-order valence-electron chi connectivity index (χ4n) is 2.34. The lowest BCUT2D eigenvalue weighted by Crippen LogP contribution is -1.97. The summed E-state index contributed by atoms with van der Waals surface area (Å²) < 4.78 is 0. The second kappa shape index (κ2) is 21.9. The number of aliphatic hydroxyl groups excluding tert-OH is 2. The molecule has 0 heterocycles. The number of aliphatic hydroxyl groups is 2. The molecule has 0 radical (unpaired) electrons. The zero-order valence-electron chi connectivity index (χ0n) is 18.0. The summed E-state index contributed by atoms with van der Waals surface area (Å²) in [6.07, 6.45) is 21.6. The first-order valence-corrected chi connectivity index (χ1v) is 10.3. The van der Waals surface area contributed by atoms with Gasteiger partial charge in [0.25, 0.3) is 0 Å². The molecule has 0 spiro atoms. The molecule has 0 aliphatic rings. The van der Waals surface area contributed by atoms with Gasteiger partial charge in [0.15, 0.2) is 0 Å². The summed E-state index contributed by atoms with van der Waals surface area (Å²) in [6.45, 7) is 11.3. The molecule has 2 heteroatoms. The van der Waals surface area contributed by atoms with Crippen molar-refractivity contribution in [2.24, 2.45) is 5.92 Å². The molecule has 0 aromatic heterocycles. The Morgan fingerprint density at radius 1 is 0.808 bits per heavy atom. The maximum atomic E-state index is 8.79. The molecule has 0 amide bonds. The van der Waals surface area contributed by atoms with Crippen molar-refractivity contribution in [1.29, 1.82) is 0 Å². The van der Waals surface area contributed by atoms with Gasteiger partial charge >= 0.3 is 0 Å². The summed E-state index contributed by atoms with van der Waals surface area (Å²) in [5, 5.41) is 17.2. The quantitative estimate of drug-likeness (QED) is 0.280. The molecule has 26 heavy (non-hydrogen) atoms. The predicted molar refractivity (Wildman–Crippen MR) is 117 cm³/mol. The highest BCUT2D eigenvalue weighted by molar-refractivity contribution is 5.02. The molecule has 152 valence electrons. The average Bonchev–Trinajstić information content (AvgIpc) is 2.58. The topological polar surface area (TPSA) is 40.5 Å². The van der Waals surface area contributed by atoms with Crippen molar-refractivity contribution in [2.75, 3.05) is 13.2 Å². The first-order chi connectivity index (χ1) is 12.5. The van der Waals surface area contributed by atoms with Gasteiger partial charge in [0.2, 0.25) is 0 Å². The highest BCUT2D eigenvalue weighted by Gasteiger charge is 1.99. The minimum atomic E-state index is 0.164. The van der Waals surface area contributed by atoms with Gasteiger partial charge in [-0.15, -0.1) is 0 Å². The van der Waals surface area contributed by atoms with Crippen LogP contribution < -0.4 is 0 Å². The van der Waals surface area contributed by atoms with Crippen molar-refractivity contribution < 1.29 is 10.2 Å². The van der Waals surface area contributed by atoms with E-state index in [0.29, 0.717) is 12.5 Å². The van der Waals surface area contributed by atoms with E-state index in [1.165, 1.54) is 24.0 Å². The molecule has 0 bridgehead atoms. The van der Waals surface area contributed by atoms with Crippen molar-refractivity contribution in [3.63, 3.8) is 0 Å². The van der Waals surface area contributed by atoms with Gasteiger partial charge in [-0.25, -0.2) is 0 Å². The van der Waals surface area contributed by atoms with Crippen molar-refractivity contribution in [1.82, 2.24) is 0 Å². The zero-order chi connectivity index (χ0) is 20.0. The smallest absolute Gasteiger partial charge is 0.0612 e. The van der Waals surface area contributed by atoms with Crippen LogP contribution in [0.25, 0.3) is 0 Å². The summed E-state index contributed by atoms with van der Waals surface area (Å²) in [5.74, 6) is 0.645. The normalized spacial score (nSPS) is 13.0. The number of unbranched alkanes of at least 4 members (excludes halogenated alkanes) is 1. The van der Waals surface area contributed by atoms with E-state index in [1.54, 1.807) is 6.08 Å². The minimum Gasteiger partial charge on any atom is -0.396 e. The Labute approximate surface area is 163 Å². The summed E-state index contributed by atoms with van der Waals surface area (Å²) in [4.78, 5) is 0. The number of hydrogen-bond acceptors (Lipinski definition) is 2. The van der Waals surface area contributed by atoms with Gasteiger partial charge in [-0.05, 0) is 78.1 Å². The third-order valence-corrected chi connectivity index (χ3v) is 4.04. The van der Waals surface area contributed by atoms with Gasteiger partial charge in [0.05, 0.1) is 6.61 Å². The van der Waals surface area contributed by atoms with Crippen LogP contribution in [0.3, 0.4) is 0 Å². The van der Waals surface area contributed by atoms with Crippen LogP contribution in [0.4, 0.5) is 0 Å². The predicted octanol–water partition coefficient (Wildman–Crippen LogP) is 6.76. The molecule has 1 unspecified atom stereocenters. The summed E-state index contributed by atoms with van der Waals surface area (Å²) in [5.41, 5.74) is 2.90. The third kappa shape index (κ3) is 25.1. The van der Waals surface area contributed by atoms with E-state index in [2.05, 4.69) is 58.9 Å². The lowest BCUT2D eigenvalue weighted by atomic mass is 10.0. The molecular formula is C24H44O2. The maximum absolute atomic E-state index is 8.79. The Kier molecular flexibility index (Phi) is 22.9. The van der Waals surface area contributed by atoms with Crippen molar-refractivity contribution in [3.05, 3.63) is 47.6 Å². The monoisotopic (exact) mass is 364 g/mol. The summed E-state index contributed by atoms with van der Waals surface area (Å²) in [6, 6.07) is 0. The van der Waals surface area contributed by atoms with E-state index in [1.807, 2.05) is 6.08 Å². The minimum absolute atomic E-state index is 0.164. The Balaban J connectivity index is 0. The maximum Gasteiger partial charge on any atom is 0.0612 e. The fourth-order valence-corrected chi connectivity index (χ4v) is 2.34. The molecule has 0 aromatic rings. The number of allylic oxidation sites excluding steroid dienone is 7. The molecule has 0 aliphatic heterocycles. The van der Waals surface area contributed by atoms with Crippen LogP contribution in [-0.4, -0.2) is 23.4 Å². The van der Waals surface area contributed by atoms with Crippen LogP contribution in [0.1, 0.15) is 86.0 Å². The first kappa shape index (κ1) is 27.1. The molecule has 0 fully saturated rings. The largest absolute Gasteiger partial charge is 0.396 e. The van der Waals surface area contributed by atoms with Gasteiger partial charge in [-0.1, -0.05) is 61.4 Å². The molecule has 2 nitrogen and oxygen atoms in total. The van der Waals surface area contributed by atoms with E-state index in [-0.39, 0.29) is 6.61 Å². The van der Waals surface area contributed by atoms with E-state index in [0.717, 1.165) is 38.5 Å². The van der Waals surface area contributed by atoms with Crippen LogP contribution in [-0.2, 0) is 0 Å². The second-order valence-electron chi connectivity index (χ2n) is 7.18. The van der Waals surface area contributed by atoms with Crippen LogP contribution in [0, 0.1) is 5.92 Å². The zero-order valence-corrected chi connectivity index (χ0v) is 18.0. The van der Waals surface area contributed by atoms with Gasteiger partial charge in [-0.2, -0.15) is 0 Å². The lowest BCUT2D eigenvalue weighted by molar-refractivity contribution is 0.259.